The number of hydrogen-bond acceptors (Lipinski definition) is 6. The average Bonchev–Trinajstić information content (AvgIpc) is 2.51. The molecule has 10 nitrogen and oxygen atoms in total. The molecule has 0 heterocycles. The van der Waals surface area contributed by atoms with E-state index in [0.717, 1.165) is 18.2 Å². The fraction of sp³-hybridized carbons (Fsp3) is 0.556. The maximum absolute atomic E-state index is 12.5. The fourth-order valence-electron chi connectivity index (χ4n) is 2.56. The first-order valence-corrected chi connectivity index (χ1v) is 8.82. The van der Waals surface area contributed by atoms with Crippen molar-refractivity contribution in [3.05, 3.63) is 44.0 Å². The van der Waals surface area contributed by atoms with Gasteiger partial charge in [-0.25, -0.2) is 0 Å². The Bertz CT molecular complexity index is 738. The lowest BCUT2D eigenvalue weighted by Crippen LogP contribution is -2.52. The molecule has 1 aromatic carbocycles. The Balaban J connectivity index is 2.99. The van der Waals surface area contributed by atoms with Crippen molar-refractivity contribution in [3.63, 3.8) is 0 Å². The van der Waals surface area contributed by atoms with E-state index >= 15 is 0 Å². The molecule has 0 fully saturated rings. The maximum Gasteiger partial charge on any atom is 0.276 e. The summed E-state index contributed by atoms with van der Waals surface area (Å²) in [6, 6.07) is 2.28. The molecule has 28 heavy (non-hydrogen) atoms. The van der Waals surface area contributed by atoms with Gasteiger partial charge in [0.05, 0.1) is 22.3 Å². The van der Waals surface area contributed by atoms with Crippen LogP contribution in [0.4, 0.5) is 11.4 Å². The second-order valence-electron chi connectivity index (χ2n) is 8.04. The summed E-state index contributed by atoms with van der Waals surface area (Å²) in [5.41, 5.74) is -1.29. The average molecular weight is 394 g/mol. The first-order chi connectivity index (χ1) is 12.8. The molecule has 154 valence electrons. The number of rotatable bonds is 8. The Hall–Kier alpha value is -3.04. The van der Waals surface area contributed by atoms with Crippen molar-refractivity contribution in [3.8, 4) is 0 Å². The van der Waals surface area contributed by atoms with E-state index < -0.39 is 38.7 Å². The van der Waals surface area contributed by atoms with Crippen LogP contribution in [0, 0.1) is 26.1 Å². The minimum atomic E-state index is -0.777. The summed E-state index contributed by atoms with van der Waals surface area (Å²) in [5.74, 6) is -0.751. The third-order valence-corrected chi connectivity index (χ3v) is 3.61. The summed E-state index contributed by atoms with van der Waals surface area (Å²) in [5, 5.41) is 27.4. The number of non-ortho nitro benzene ring substituents is 2. The normalized spacial score (nSPS) is 12.4. The highest BCUT2D eigenvalue weighted by molar-refractivity contribution is 5.88. The lowest BCUT2D eigenvalue weighted by atomic mass is 10.0. The molecule has 0 aliphatic carbocycles. The van der Waals surface area contributed by atoms with Crippen molar-refractivity contribution in [1.29, 1.82) is 0 Å². The standard InChI is InChI=1S/C18H26N4O6/c1-11(2)6-15(17(24)20-18(3,4)5)19-16(23)9-12-7-13(21(25)26)10-14(8-12)22(27)28/h7-8,10-11,15H,6,9H2,1-5H3,(H,19,23)(H,20,24)/t15-/m1/s1. The number of carbonyl (C=O) groups excluding carboxylic acids is 2. The van der Waals surface area contributed by atoms with Crippen molar-refractivity contribution in [2.24, 2.45) is 5.92 Å². The molecule has 1 atom stereocenters. The second-order valence-corrected chi connectivity index (χ2v) is 8.04. The van der Waals surface area contributed by atoms with Gasteiger partial charge in [-0.2, -0.15) is 0 Å². The number of nitro benzene ring substituents is 2. The van der Waals surface area contributed by atoms with Crippen LogP contribution in [0.3, 0.4) is 0 Å². The molecule has 0 aliphatic rings. The van der Waals surface area contributed by atoms with Gasteiger partial charge in [0.2, 0.25) is 11.8 Å². The molecular weight excluding hydrogens is 368 g/mol. The molecular formula is C18H26N4O6. The molecule has 0 saturated heterocycles. The molecule has 2 amide bonds. The van der Waals surface area contributed by atoms with Crippen molar-refractivity contribution in [1.82, 2.24) is 10.6 Å². The Morgan fingerprint density at radius 2 is 1.54 bits per heavy atom. The molecule has 0 aliphatic heterocycles. The van der Waals surface area contributed by atoms with Crippen LogP contribution in [0.2, 0.25) is 0 Å². The third kappa shape index (κ3) is 7.68. The van der Waals surface area contributed by atoms with Crippen molar-refractivity contribution >= 4 is 23.2 Å². The van der Waals surface area contributed by atoms with Crippen LogP contribution in [0.15, 0.2) is 18.2 Å². The largest absolute Gasteiger partial charge is 0.350 e. The summed E-state index contributed by atoms with van der Waals surface area (Å²) in [6.07, 6.45) is 0.0860. The zero-order valence-corrected chi connectivity index (χ0v) is 16.6. The number of nitrogens with one attached hydrogen (secondary N) is 2. The summed E-state index contributed by atoms with van der Waals surface area (Å²) >= 11 is 0. The van der Waals surface area contributed by atoms with Crippen LogP contribution in [0.25, 0.3) is 0 Å². The fourth-order valence-corrected chi connectivity index (χ4v) is 2.56. The topological polar surface area (TPSA) is 144 Å². The number of hydrogen-bond donors (Lipinski definition) is 2. The van der Waals surface area contributed by atoms with Crippen LogP contribution in [0.5, 0.6) is 0 Å². The number of carbonyl (C=O) groups is 2. The van der Waals surface area contributed by atoms with Crippen molar-refractivity contribution in [2.45, 2.75) is 59.0 Å². The van der Waals surface area contributed by atoms with E-state index in [9.17, 15) is 29.8 Å². The van der Waals surface area contributed by atoms with E-state index in [2.05, 4.69) is 10.6 Å². The molecule has 10 heteroatoms. The molecule has 1 aromatic rings. The third-order valence-electron chi connectivity index (χ3n) is 3.61. The SMILES string of the molecule is CC(C)C[C@@H](NC(=O)Cc1cc([N+](=O)[O-])cc([N+](=O)[O-])c1)C(=O)NC(C)(C)C. The minimum absolute atomic E-state index is 0.123. The van der Waals surface area contributed by atoms with Gasteiger partial charge >= 0.3 is 0 Å². The van der Waals surface area contributed by atoms with Crippen LogP contribution in [0.1, 0.15) is 46.6 Å². The zero-order valence-electron chi connectivity index (χ0n) is 16.6. The van der Waals surface area contributed by atoms with Crippen molar-refractivity contribution in [2.75, 3.05) is 0 Å². The highest BCUT2D eigenvalue weighted by Gasteiger charge is 2.26. The number of amides is 2. The lowest BCUT2D eigenvalue weighted by molar-refractivity contribution is -0.394. The Morgan fingerprint density at radius 3 is 1.93 bits per heavy atom. The quantitative estimate of drug-likeness (QED) is 0.512. The second kappa shape index (κ2) is 9.25. The van der Waals surface area contributed by atoms with Gasteiger partial charge in [-0.1, -0.05) is 13.8 Å². The predicted molar refractivity (Wildman–Crippen MR) is 103 cm³/mol. The number of nitro groups is 2. The van der Waals surface area contributed by atoms with E-state index in [-0.39, 0.29) is 23.8 Å². The van der Waals surface area contributed by atoms with Gasteiger partial charge in [-0.05, 0) is 38.7 Å². The Morgan fingerprint density at radius 1 is 1.04 bits per heavy atom. The van der Waals surface area contributed by atoms with E-state index in [1.165, 1.54) is 0 Å². The molecule has 0 unspecified atom stereocenters. The van der Waals surface area contributed by atoms with Gasteiger partial charge in [-0.3, -0.25) is 29.8 Å². The van der Waals surface area contributed by atoms with Gasteiger partial charge in [-0.15, -0.1) is 0 Å². The lowest BCUT2D eigenvalue weighted by Gasteiger charge is -2.26. The van der Waals surface area contributed by atoms with E-state index in [1.807, 2.05) is 34.6 Å². The van der Waals surface area contributed by atoms with Gasteiger partial charge in [0.1, 0.15) is 6.04 Å². The van der Waals surface area contributed by atoms with E-state index in [0.29, 0.717) is 6.42 Å². The summed E-state index contributed by atoms with van der Waals surface area (Å²) < 4.78 is 0. The molecule has 0 bridgehead atoms. The van der Waals surface area contributed by atoms with Gasteiger partial charge < -0.3 is 10.6 Å². The molecule has 1 rings (SSSR count). The maximum atomic E-state index is 12.5. The minimum Gasteiger partial charge on any atom is -0.350 e. The van der Waals surface area contributed by atoms with Crippen LogP contribution < -0.4 is 10.6 Å². The molecule has 0 aromatic heterocycles. The Kier molecular flexibility index (Phi) is 7.60. The smallest absolute Gasteiger partial charge is 0.276 e. The van der Waals surface area contributed by atoms with Gasteiger partial charge in [0.25, 0.3) is 11.4 Å². The first-order valence-electron chi connectivity index (χ1n) is 8.82. The van der Waals surface area contributed by atoms with Gasteiger partial charge in [0, 0.05) is 17.7 Å². The highest BCUT2D eigenvalue weighted by Crippen LogP contribution is 2.23. The van der Waals surface area contributed by atoms with Crippen LogP contribution in [-0.2, 0) is 16.0 Å². The summed E-state index contributed by atoms with van der Waals surface area (Å²) in [7, 11) is 0. The molecule has 0 saturated carbocycles. The number of nitrogens with zero attached hydrogens (tertiary/aromatic N) is 2. The first kappa shape index (κ1) is 23.0. The highest BCUT2D eigenvalue weighted by atomic mass is 16.6. The molecule has 0 spiro atoms. The monoisotopic (exact) mass is 394 g/mol. The predicted octanol–water partition coefficient (Wildman–Crippen LogP) is 2.49. The van der Waals surface area contributed by atoms with Crippen LogP contribution >= 0.6 is 0 Å². The Labute approximate surface area is 163 Å². The van der Waals surface area contributed by atoms with Crippen LogP contribution in [-0.4, -0.2) is 33.2 Å². The van der Waals surface area contributed by atoms with Gasteiger partial charge in [0.15, 0.2) is 0 Å². The number of benzene rings is 1. The summed E-state index contributed by atoms with van der Waals surface area (Å²) in [4.78, 5) is 45.3. The zero-order chi connectivity index (χ0) is 21.6. The van der Waals surface area contributed by atoms with E-state index in [4.69, 9.17) is 0 Å². The van der Waals surface area contributed by atoms with Crippen molar-refractivity contribution < 1.29 is 19.4 Å². The summed E-state index contributed by atoms with van der Waals surface area (Å²) in [6.45, 7) is 9.28. The molecule has 0 radical (unpaired) electrons. The molecule has 2 N–H and O–H groups in total. The van der Waals surface area contributed by atoms with E-state index in [1.54, 1.807) is 0 Å².